The van der Waals surface area contributed by atoms with Gasteiger partial charge in [0.05, 0.1) is 12.8 Å². The number of hydrogen-bond donors (Lipinski definition) is 1. The van der Waals surface area contributed by atoms with Crippen molar-refractivity contribution in [2.24, 2.45) is 0 Å². The SMILES string of the molecule is CCc1nc(-c2cccc(OCCOc3cccc(OC)c3)c2)sc1C(=O)O. The van der Waals surface area contributed by atoms with Gasteiger partial charge in [-0.1, -0.05) is 25.1 Å². The quantitative estimate of drug-likeness (QED) is 0.533. The van der Waals surface area contributed by atoms with Crippen LogP contribution in [0.3, 0.4) is 0 Å². The number of carbonyl (C=O) groups is 1. The number of benzene rings is 2. The summed E-state index contributed by atoms with van der Waals surface area (Å²) < 4.78 is 16.6. The Balaban J connectivity index is 1.61. The summed E-state index contributed by atoms with van der Waals surface area (Å²) in [6.45, 7) is 2.66. The van der Waals surface area contributed by atoms with Gasteiger partial charge in [-0.25, -0.2) is 9.78 Å². The van der Waals surface area contributed by atoms with E-state index in [0.29, 0.717) is 41.8 Å². The summed E-state index contributed by atoms with van der Waals surface area (Å²) in [6.07, 6.45) is 0.579. The fourth-order valence-corrected chi connectivity index (χ4v) is 3.60. The van der Waals surface area contributed by atoms with Gasteiger partial charge in [-0.15, -0.1) is 11.3 Å². The van der Waals surface area contributed by atoms with Crippen LogP contribution < -0.4 is 14.2 Å². The molecule has 6 nitrogen and oxygen atoms in total. The number of rotatable bonds is 9. The summed E-state index contributed by atoms with van der Waals surface area (Å²) in [5, 5.41) is 9.98. The van der Waals surface area contributed by atoms with Crippen LogP contribution in [0, 0.1) is 0 Å². The molecule has 1 heterocycles. The van der Waals surface area contributed by atoms with Gasteiger partial charge < -0.3 is 19.3 Å². The Kier molecular flexibility index (Phi) is 6.49. The minimum Gasteiger partial charge on any atom is -0.497 e. The number of aromatic carboxylic acids is 1. The highest BCUT2D eigenvalue weighted by atomic mass is 32.1. The Bertz CT molecular complexity index is 953. The lowest BCUT2D eigenvalue weighted by Crippen LogP contribution is -2.09. The second kappa shape index (κ2) is 9.23. The monoisotopic (exact) mass is 399 g/mol. The fourth-order valence-electron chi connectivity index (χ4n) is 2.61. The van der Waals surface area contributed by atoms with Gasteiger partial charge in [-0.05, 0) is 30.7 Å². The number of carboxylic acids is 1. The number of ether oxygens (including phenoxy) is 3. The van der Waals surface area contributed by atoms with Crippen molar-refractivity contribution < 1.29 is 24.1 Å². The van der Waals surface area contributed by atoms with Gasteiger partial charge in [-0.2, -0.15) is 0 Å². The van der Waals surface area contributed by atoms with Crippen LogP contribution in [0.5, 0.6) is 17.2 Å². The topological polar surface area (TPSA) is 77.9 Å². The lowest BCUT2D eigenvalue weighted by atomic mass is 10.2. The molecule has 7 heteroatoms. The molecule has 0 atom stereocenters. The van der Waals surface area contributed by atoms with Crippen molar-refractivity contribution in [2.75, 3.05) is 20.3 Å². The molecule has 1 N–H and O–H groups in total. The molecule has 3 aromatic rings. The highest BCUT2D eigenvalue weighted by Gasteiger charge is 2.17. The standard InChI is InChI=1S/C21H21NO5S/c1-3-18-19(21(23)24)28-20(22-18)14-6-4-8-16(12-14)26-10-11-27-17-9-5-7-15(13-17)25-2/h4-9,12-13H,3,10-11H2,1-2H3,(H,23,24). The Morgan fingerprint density at radius 2 is 1.68 bits per heavy atom. The molecule has 0 aliphatic heterocycles. The molecule has 0 unspecified atom stereocenters. The summed E-state index contributed by atoms with van der Waals surface area (Å²) in [5.41, 5.74) is 1.43. The van der Waals surface area contributed by atoms with E-state index in [1.165, 1.54) is 11.3 Å². The first-order chi connectivity index (χ1) is 13.6. The Morgan fingerprint density at radius 3 is 2.29 bits per heavy atom. The maximum atomic E-state index is 11.3. The minimum atomic E-state index is -0.942. The van der Waals surface area contributed by atoms with Crippen LogP contribution in [0.4, 0.5) is 0 Å². The summed E-state index contributed by atoms with van der Waals surface area (Å²) in [4.78, 5) is 16.1. The average Bonchev–Trinajstić information content (AvgIpc) is 3.16. The van der Waals surface area contributed by atoms with E-state index in [9.17, 15) is 9.90 Å². The number of hydrogen-bond acceptors (Lipinski definition) is 6. The third-order valence-corrected chi connectivity index (χ3v) is 5.10. The second-order valence-corrected chi connectivity index (χ2v) is 6.86. The van der Waals surface area contributed by atoms with E-state index < -0.39 is 5.97 Å². The van der Waals surface area contributed by atoms with E-state index in [0.717, 1.165) is 11.3 Å². The molecule has 0 aliphatic rings. The number of aryl methyl sites for hydroxylation is 1. The normalized spacial score (nSPS) is 10.5. The van der Waals surface area contributed by atoms with E-state index in [2.05, 4.69) is 4.98 Å². The van der Waals surface area contributed by atoms with E-state index >= 15 is 0 Å². The molecule has 0 saturated carbocycles. The smallest absolute Gasteiger partial charge is 0.347 e. The molecular weight excluding hydrogens is 378 g/mol. The molecule has 0 saturated heterocycles. The molecule has 1 aromatic heterocycles. The summed E-state index contributed by atoms with van der Waals surface area (Å²) in [7, 11) is 1.61. The molecule has 28 heavy (non-hydrogen) atoms. The fraction of sp³-hybridized carbons (Fsp3) is 0.238. The van der Waals surface area contributed by atoms with Crippen LogP contribution in [0.25, 0.3) is 10.6 Å². The summed E-state index contributed by atoms with van der Waals surface area (Å²) >= 11 is 1.18. The summed E-state index contributed by atoms with van der Waals surface area (Å²) in [6, 6.07) is 14.8. The predicted molar refractivity (Wildman–Crippen MR) is 108 cm³/mol. The van der Waals surface area contributed by atoms with Crippen molar-refractivity contribution in [3.05, 3.63) is 59.1 Å². The molecule has 0 bridgehead atoms. The minimum absolute atomic E-state index is 0.288. The molecule has 146 valence electrons. The van der Waals surface area contributed by atoms with E-state index in [1.807, 2.05) is 55.5 Å². The molecule has 0 radical (unpaired) electrons. The summed E-state index contributed by atoms with van der Waals surface area (Å²) in [5.74, 6) is 1.19. The first-order valence-corrected chi connectivity index (χ1v) is 9.65. The van der Waals surface area contributed by atoms with Gasteiger partial charge >= 0.3 is 5.97 Å². The van der Waals surface area contributed by atoms with Crippen LogP contribution in [-0.4, -0.2) is 36.4 Å². The molecule has 2 aromatic carbocycles. The highest BCUT2D eigenvalue weighted by Crippen LogP contribution is 2.30. The van der Waals surface area contributed by atoms with Crippen molar-refractivity contribution in [1.82, 2.24) is 4.98 Å². The van der Waals surface area contributed by atoms with Gasteiger partial charge in [0.15, 0.2) is 0 Å². The maximum Gasteiger partial charge on any atom is 0.347 e. The van der Waals surface area contributed by atoms with Gasteiger partial charge in [-0.3, -0.25) is 0 Å². The average molecular weight is 399 g/mol. The van der Waals surface area contributed by atoms with Crippen LogP contribution in [0.2, 0.25) is 0 Å². The van der Waals surface area contributed by atoms with Crippen molar-refractivity contribution in [3.8, 4) is 27.8 Å². The van der Waals surface area contributed by atoms with Gasteiger partial charge in [0.2, 0.25) is 0 Å². The van der Waals surface area contributed by atoms with Crippen LogP contribution >= 0.6 is 11.3 Å². The third kappa shape index (κ3) is 4.80. The van der Waals surface area contributed by atoms with Crippen LogP contribution in [0.1, 0.15) is 22.3 Å². The molecule has 0 fully saturated rings. The maximum absolute atomic E-state index is 11.3. The Labute approximate surface area is 167 Å². The first-order valence-electron chi connectivity index (χ1n) is 8.83. The Morgan fingerprint density at radius 1 is 1.04 bits per heavy atom. The Hall–Kier alpha value is -3.06. The first kappa shape index (κ1) is 19.7. The second-order valence-electron chi connectivity index (χ2n) is 5.86. The number of methoxy groups -OCH3 is 1. The zero-order chi connectivity index (χ0) is 19.9. The van der Waals surface area contributed by atoms with Crippen LogP contribution in [-0.2, 0) is 6.42 Å². The van der Waals surface area contributed by atoms with E-state index in [4.69, 9.17) is 14.2 Å². The predicted octanol–water partition coefficient (Wildman–Crippen LogP) is 4.54. The van der Waals surface area contributed by atoms with Crippen molar-refractivity contribution in [2.45, 2.75) is 13.3 Å². The molecule has 3 rings (SSSR count). The highest BCUT2D eigenvalue weighted by molar-refractivity contribution is 7.17. The number of nitrogens with zero attached hydrogens (tertiary/aromatic N) is 1. The largest absolute Gasteiger partial charge is 0.497 e. The van der Waals surface area contributed by atoms with Crippen molar-refractivity contribution in [3.63, 3.8) is 0 Å². The number of aromatic nitrogens is 1. The van der Waals surface area contributed by atoms with Gasteiger partial charge in [0.25, 0.3) is 0 Å². The third-order valence-electron chi connectivity index (χ3n) is 3.97. The van der Waals surface area contributed by atoms with Crippen molar-refractivity contribution in [1.29, 1.82) is 0 Å². The number of thiazole rings is 1. The lowest BCUT2D eigenvalue weighted by molar-refractivity contribution is 0.0701. The molecular formula is C21H21NO5S. The van der Waals surface area contributed by atoms with Gasteiger partial charge in [0.1, 0.15) is 40.3 Å². The number of carboxylic acid groups (broad SMARTS) is 1. The zero-order valence-corrected chi connectivity index (χ0v) is 16.5. The molecule has 0 aliphatic carbocycles. The molecule has 0 spiro atoms. The lowest BCUT2D eigenvalue weighted by Gasteiger charge is -2.10. The zero-order valence-electron chi connectivity index (χ0n) is 15.7. The van der Waals surface area contributed by atoms with E-state index in [-0.39, 0.29) is 4.88 Å². The van der Waals surface area contributed by atoms with Gasteiger partial charge in [0, 0.05) is 11.6 Å². The molecule has 0 amide bonds. The van der Waals surface area contributed by atoms with E-state index in [1.54, 1.807) is 7.11 Å². The van der Waals surface area contributed by atoms with Crippen LogP contribution in [0.15, 0.2) is 48.5 Å². The van der Waals surface area contributed by atoms with Crippen molar-refractivity contribution >= 4 is 17.3 Å².